The number of hydrogen-bond donors (Lipinski definition) is 0. The van der Waals surface area contributed by atoms with Gasteiger partial charge < -0.3 is 4.84 Å². The number of hydroxylamine groups is 1. The van der Waals surface area contributed by atoms with Crippen molar-refractivity contribution in [2.75, 3.05) is 5.75 Å². The highest BCUT2D eigenvalue weighted by molar-refractivity contribution is 7.97. The molecule has 1 amide bonds. The van der Waals surface area contributed by atoms with Crippen molar-refractivity contribution in [1.29, 1.82) is 0 Å². The molecule has 0 atom stereocenters. The van der Waals surface area contributed by atoms with Crippen LogP contribution in [0.1, 0.15) is 18.4 Å². The van der Waals surface area contributed by atoms with Crippen LogP contribution in [0.2, 0.25) is 5.02 Å². The number of rotatable bonds is 2. The maximum atomic E-state index is 11.5. The maximum Gasteiger partial charge on any atom is 0.266 e. The van der Waals surface area contributed by atoms with E-state index in [-0.39, 0.29) is 5.91 Å². The van der Waals surface area contributed by atoms with Crippen LogP contribution in [-0.4, -0.2) is 16.1 Å². The first-order chi connectivity index (χ1) is 7.66. The Kier molecular flexibility index (Phi) is 3.61. The zero-order valence-electron chi connectivity index (χ0n) is 8.90. The van der Waals surface area contributed by atoms with Crippen molar-refractivity contribution in [2.45, 2.75) is 19.8 Å². The SMILES string of the molecule is Cc1cc(Cl)ccc1ON1SCCCC1=O. The van der Waals surface area contributed by atoms with Gasteiger partial charge in [-0.05, 0) is 49.1 Å². The lowest BCUT2D eigenvalue weighted by Crippen LogP contribution is -2.31. The van der Waals surface area contributed by atoms with E-state index in [2.05, 4.69) is 0 Å². The van der Waals surface area contributed by atoms with Crippen LogP contribution >= 0.6 is 23.5 Å². The molecule has 1 aromatic carbocycles. The highest BCUT2D eigenvalue weighted by atomic mass is 35.5. The minimum absolute atomic E-state index is 0.0191. The molecule has 1 aliphatic rings. The molecule has 1 aromatic rings. The first kappa shape index (κ1) is 11.6. The molecule has 5 heteroatoms. The lowest BCUT2D eigenvalue weighted by Gasteiger charge is -2.24. The number of hydrogen-bond acceptors (Lipinski definition) is 3. The topological polar surface area (TPSA) is 29.5 Å². The molecule has 0 unspecified atom stereocenters. The number of nitrogens with zero attached hydrogens (tertiary/aromatic N) is 1. The fourth-order valence-corrected chi connectivity index (χ4v) is 2.45. The van der Waals surface area contributed by atoms with Crippen molar-refractivity contribution in [3.05, 3.63) is 28.8 Å². The Morgan fingerprint density at radius 3 is 3.00 bits per heavy atom. The van der Waals surface area contributed by atoms with E-state index in [1.807, 2.05) is 13.0 Å². The number of carbonyl (C=O) groups is 1. The van der Waals surface area contributed by atoms with Gasteiger partial charge in [-0.2, -0.15) is 0 Å². The van der Waals surface area contributed by atoms with Crippen molar-refractivity contribution >= 4 is 29.5 Å². The summed E-state index contributed by atoms with van der Waals surface area (Å²) >= 11 is 7.25. The van der Waals surface area contributed by atoms with Crippen LogP contribution in [0.5, 0.6) is 5.75 Å². The third kappa shape index (κ3) is 2.62. The van der Waals surface area contributed by atoms with Gasteiger partial charge >= 0.3 is 0 Å². The average Bonchev–Trinajstić information content (AvgIpc) is 2.25. The highest BCUT2D eigenvalue weighted by Gasteiger charge is 2.21. The van der Waals surface area contributed by atoms with Crippen molar-refractivity contribution < 1.29 is 9.63 Å². The van der Waals surface area contributed by atoms with Gasteiger partial charge in [0, 0.05) is 17.2 Å². The Hall–Kier alpha value is -0.870. The molecule has 0 saturated carbocycles. The van der Waals surface area contributed by atoms with Crippen LogP contribution in [0.3, 0.4) is 0 Å². The van der Waals surface area contributed by atoms with E-state index < -0.39 is 0 Å². The molecule has 0 aliphatic carbocycles. The molecule has 0 aromatic heterocycles. The van der Waals surface area contributed by atoms with Gasteiger partial charge in [0.15, 0.2) is 5.75 Å². The summed E-state index contributed by atoms with van der Waals surface area (Å²) in [6.45, 7) is 1.90. The number of aryl methyl sites for hydroxylation is 1. The van der Waals surface area contributed by atoms with Crippen molar-refractivity contribution in [3.8, 4) is 5.75 Å². The van der Waals surface area contributed by atoms with E-state index >= 15 is 0 Å². The predicted molar refractivity (Wildman–Crippen MR) is 65.4 cm³/mol. The average molecular weight is 258 g/mol. The van der Waals surface area contributed by atoms with Gasteiger partial charge in [-0.15, -0.1) is 4.47 Å². The van der Waals surface area contributed by atoms with Gasteiger partial charge in [0.05, 0.1) is 0 Å². The Morgan fingerprint density at radius 1 is 1.50 bits per heavy atom. The summed E-state index contributed by atoms with van der Waals surface area (Å²) in [5.74, 6) is 1.61. The highest BCUT2D eigenvalue weighted by Crippen LogP contribution is 2.27. The van der Waals surface area contributed by atoms with Crippen LogP contribution in [0.4, 0.5) is 0 Å². The molecule has 0 bridgehead atoms. The van der Waals surface area contributed by atoms with E-state index in [1.165, 1.54) is 16.4 Å². The lowest BCUT2D eigenvalue weighted by molar-refractivity contribution is -0.141. The molecule has 86 valence electrons. The quantitative estimate of drug-likeness (QED) is 0.762. The summed E-state index contributed by atoms with van der Waals surface area (Å²) < 4.78 is 1.36. The van der Waals surface area contributed by atoms with Gasteiger partial charge in [-0.3, -0.25) is 4.79 Å². The zero-order chi connectivity index (χ0) is 11.5. The standard InChI is InChI=1S/C11H12ClNO2S/c1-8-7-9(12)4-5-10(8)15-13-11(14)3-2-6-16-13/h4-5,7H,2-3,6H2,1H3. The molecule has 0 N–H and O–H groups in total. The summed E-state index contributed by atoms with van der Waals surface area (Å²) in [5, 5.41) is 0.669. The third-order valence-corrected chi connectivity index (χ3v) is 3.48. The van der Waals surface area contributed by atoms with Crippen molar-refractivity contribution in [2.24, 2.45) is 0 Å². The molecule has 0 spiro atoms. The van der Waals surface area contributed by atoms with Gasteiger partial charge in [-0.25, -0.2) is 0 Å². The maximum absolute atomic E-state index is 11.5. The van der Waals surface area contributed by atoms with Crippen LogP contribution in [0.25, 0.3) is 0 Å². The molecule has 1 fully saturated rings. The summed E-state index contributed by atoms with van der Waals surface area (Å²) in [6, 6.07) is 5.35. The minimum Gasteiger partial charge on any atom is -0.366 e. The van der Waals surface area contributed by atoms with E-state index in [9.17, 15) is 4.79 Å². The number of halogens is 1. The fraction of sp³-hybridized carbons (Fsp3) is 0.364. The summed E-state index contributed by atoms with van der Waals surface area (Å²) in [6.07, 6.45) is 1.47. The van der Waals surface area contributed by atoms with Gasteiger partial charge in [0.2, 0.25) is 0 Å². The van der Waals surface area contributed by atoms with Crippen molar-refractivity contribution in [1.82, 2.24) is 4.47 Å². The molecule has 16 heavy (non-hydrogen) atoms. The monoisotopic (exact) mass is 257 g/mol. The Labute approximate surface area is 104 Å². The molecule has 1 aliphatic heterocycles. The summed E-state index contributed by atoms with van der Waals surface area (Å²) in [5.41, 5.74) is 0.923. The molecule has 2 rings (SSSR count). The third-order valence-electron chi connectivity index (χ3n) is 2.27. The Bertz CT molecular complexity index is 411. The van der Waals surface area contributed by atoms with Gasteiger partial charge in [0.1, 0.15) is 0 Å². The van der Waals surface area contributed by atoms with Crippen LogP contribution in [-0.2, 0) is 4.79 Å². The Balaban J connectivity index is 2.10. The zero-order valence-corrected chi connectivity index (χ0v) is 10.5. The predicted octanol–water partition coefficient (Wildman–Crippen LogP) is 3.21. The van der Waals surface area contributed by atoms with E-state index in [0.29, 0.717) is 17.2 Å². The molecular formula is C11H12ClNO2S. The summed E-state index contributed by atoms with van der Waals surface area (Å²) in [7, 11) is 0. The normalized spacial score (nSPS) is 16.4. The second-order valence-corrected chi connectivity index (χ2v) is 5.02. The Morgan fingerprint density at radius 2 is 2.31 bits per heavy atom. The smallest absolute Gasteiger partial charge is 0.266 e. The number of benzene rings is 1. The second-order valence-electron chi connectivity index (χ2n) is 3.59. The van der Waals surface area contributed by atoms with Gasteiger partial charge in [0.25, 0.3) is 5.91 Å². The van der Waals surface area contributed by atoms with Crippen LogP contribution in [0, 0.1) is 6.92 Å². The van der Waals surface area contributed by atoms with Crippen molar-refractivity contribution in [3.63, 3.8) is 0 Å². The van der Waals surface area contributed by atoms with E-state index in [4.69, 9.17) is 16.4 Å². The largest absolute Gasteiger partial charge is 0.366 e. The molecule has 3 nitrogen and oxygen atoms in total. The van der Waals surface area contributed by atoms with Crippen LogP contribution < -0.4 is 4.84 Å². The molecule has 0 radical (unpaired) electrons. The number of amides is 1. The summed E-state index contributed by atoms with van der Waals surface area (Å²) in [4.78, 5) is 17.1. The second kappa shape index (κ2) is 4.97. The molecule has 1 heterocycles. The van der Waals surface area contributed by atoms with Crippen LogP contribution in [0.15, 0.2) is 18.2 Å². The number of carbonyl (C=O) groups excluding carboxylic acids is 1. The minimum atomic E-state index is 0.0191. The lowest BCUT2D eigenvalue weighted by atomic mass is 10.2. The first-order valence-corrected chi connectivity index (χ1v) is 6.39. The van der Waals surface area contributed by atoms with E-state index in [1.54, 1.807) is 12.1 Å². The fourth-order valence-electron chi connectivity index (χ4n) is 1.42. The van der Waals surface area contributed by atoms with Gasteiger partial charge in [-0.1, -0.05) is 11.6 Å². The molecular weight excluding hydrogens is 246 g/mol. The van der Waals surface area contributed by atoms with E-state index in [0.717, 1.165) is 17.7 Å². The molecule has 1 saturated heterocycles. The first-order valence-electron chi connectivity index (χ1n) is 5.07.